The van der Waals surface area contributed by atoms with Crippen LogP contribution < -0.4 is 10.2 Å². The molecular formula is C26H26N4OS. The van der Waals surface area contributed by atoms with Crippen LogP contribution in [0.2, 0.25) is 0 Å². The zero-order valence-electron chi connectivity index (χ0n) is 18.1. The fraction of sp³-hybridized carbons (Fsp3) is 0.231. The molecule has 1 N–H and O–H groups in total. The van der Waals surface area contributed by atoms with Gasteiger partial charge in [-0.3, -0.25) is 0 Å². The molecule has 0 spiro atoms. The predicted octanol–water partition coefficient (Wildman–Crippen LogP) is 5.23. The van der Waals surface area contributed by atoms with Crippen molar-refractivity contribution < 1.29 is 4.79 Å². The average Bonchev–Trinajstić information content (AvgIpc) is 3.27. The van der Waals surface area contributed by atoms with E-state index in [-0.39, 0.29) is 12.1 Å². The van der Waals surface area contributed by atoms with Crippen LogP contribution in [-0.4, -0.2) is 42.1 Å². The monoisotopic (exact) mass is 442 g/mol. The van der Waals surface area contributed by atoms with Gasteiger partial charge in [-0.2, -0.15) is 0 Å². The number of hydrogen-bond acceptors (Lipinski definition) is 4. The Morgan fingerprint density at radius 1 is 0.906 bits per heavy atom. The van der Waals surface area contributed by atoms with Gasteiger partial charge in [0.1, 0.15) is 0 Å². The van der Waals surface area contributed by atoms with Crippen LogP contribution in [0.3, 0.4) is 0 Å². The van der Waals surface area contributed by atoms with E-state index < -0.39 is 0 Å². The molecular weight excluding hydrogens is 416 g/mol. The van der Waals surface area contributed by atoms with Gasteiger partial charge in [-0.25, -0.2) is 9.78 Å². The van der Waals surface area contributed by atoms with E-state index >= 15 is 0 Å². The number of carbonyl (C=O) groups excluding carboxylic acids is 1. The summed E-state index contributed by atoms with van der Waals surface area (Å²) in [6, 6.07) is 26.4. The molecule has 6 heteroatoms. The molecule has 32 heavy (non-hydrogen) atoms. The lowest BCUT2D eigenvalue weighted by Crippen LogP contribution is -2.52. The molecule has 0 saturated carbocycles. The molecule has 3 aromatic carbocycles. The summed E-state index contributed by atoms with van der Waals surface area (Å²) in [5.74, 6) is 0. The average molecular weight is 443 g/mol. The zero-order chi connectivity index (χ0) is 21.9. The number of rotatable bonds is 4. The number of nitrogens with one attached hydrogen (secondary N) is 1. The Kier molecular flexibility index (Phi) is 5.77. The Morgan fingerprint density at radius 3 is 2.16 bits per heavy atom. The maximum Gasteiger partial charge on any atom is 0.318 e. The number of urea groups is 1. The van der Waals surface area contributed by atoms with Crippen LogP contribution in [0.5, 0.6) is 0 Å². The zero-order valence-corrected chi connectivity index (χ0v) is 18.9. The maximum atomic E-state index is 13.2. The quantitative estimate of drug-likeness (QED) is 0.471. The largest absolute Gasteiger partial charge is 0.345 e. The summed E-state index contributed by atoms with van der Waals surface area (Å²) >= 11 is 1.73. The van der Waals surface area contributed by atoms with Crippen molar-refractivity contribution in [2.75, 3.05) is 31.1 Å². The number of nitrogens with zero attached hydrogens (tertiary/aromatic N) is 3. The molecule has 162 valence electrons. The maximum absolute atomic E-state index is 13.2. The van der Waals surface area contributed by atoms with Gasteiger partial charge in [-0.15, -0.1) is 0 Å². The molecule has 2 amide bonds. The molecule has 1 saturated heterocycles. The fourth-order valence-corrected chi connectivity index (χ4v) is 5.24. The van der Waals surface area contributed by atoms with Crippen molar-refractivity contribution in [2.24, 2.45) is 0 Å². The number of benzene rings is 3. The number of anilines is 1. The summed E-state index contributed by atoms with van der Waals surface area (Å²) in [5.41, 5.74) is 4.45. The predicted molar refractivity (Wildman–Crippen MR) is 131 cm³/mol. The lowest BCUT2D eigenvalue weighted by atomic mass is 9.99. The first kappa shape index (κ1) is 20.5. The van der Waals surface area contributed by atoms with Crippen molar-refractivity contribution in [3.8, 4) is 0 Å². The summed E-state index contributed by atoms with van der Waals surface area (Å²) in [6.07, 6.45) is 0. The smallest absolute Gasteiger partial charge is 0.318 e. The molecule has 1 aromatic heterocycles. The second-order valence-corrected chi connectivity index (χ2v) is 9.15. The second-order valence-electron chi connectivity index (χ2n) is 8.15. The van der Waals surface area contributed by atoms with Gasteiger partial charge in [-0.05, 0) is 35.7 Å². The lowest BCUT2D eigenvalue weighted by Gasteiger charge is -2.35. The lowest BCUT2D eigenvalue weighted by molar-refractivity contribution is 0.192. The number of piperazine rings is 1. The van der Waals surface area contributed by atoms with Gasteiger partial charge in [0, 0.05) is 26.2 Å². The highest BCUT2D eigenvalue weighted by atomic mass is 32.1. The van der Waals surface area contributed by atoms with Crippen LogP contribution in [-0.2, 0) is 0 Å². The Bertz CT molecular complexity index is 1160. The van der Waals surface area contributed by atoms with Gasteiger partial charge in [0.2, 0.25) is 0 Å². The van der Waals surface area contributed by atoms with E-state index in [0.29, 0.717) is 13.1 Å². The number of hydrogen-bond donors (Lipinski definition) is 1. The van der Waals surface area contributed by atoms with E-state index in [1.54, 1.807) is 11.3 Å². The number of aryl methyl sites for hydroxylation is 1. The molecule has 4 aromatic rings. The summed E-state index contributed by atoms with van der Waals surface area (Å²) in [7, 11) is 0. The molecule has 1 aliphatic heterocycles. The van der Waals surface area contributed by atoms with Crippen molar-refractivity contribution in [2.45, 2.75) is 13.0 Å². The van der Waals surface area contributed by atoms with Crippen LogP contribution in [0.4, 0.5) is 9.93 Å². The molecule has 5 rings (SSSR count). The second kappa shape index (κ2) is 9.01. The highest BCUT2D eigenvalue weighted by Crippen LogP contribution is 2.30. The van der Waals surface area contributed by atoms with Crippen LogP contribution in [0, 0.1) is 6.92 Å². The van der Waals surface area contributed by atoms with Gasteiger partial charge in [0.15, 0.2) is 5.13 Å². The molecule has 5 nitrogen and oxygen atoms in total. The normalized spacial score (nSPS) is 14.2. The number of aromatic nitrogens is 1. The van der Waals surface area contributed by atoms with Gasteiger partial charge in [0.25, 0.3) is 0 Å². The van der Waals surface area contributed by atoms with Crippen molar-refractivity contribution in [3.05, 3.63) is 95.6 Å². The standard InChI is InChI=1S/C26H26N4OS/c1-19-12-13-22-23(18-19)32-26(27-22)30-16-14-29(15-17-30)25(31)28-24(20-8-4-2-5-9-20)21-10-6-3-7-11-21/h2-13,18,24H,14-17H2,1H3,(H,28,31). The van der Waals surface area contributed by atoms with Crippen molar-refractivity contribution in [3.63, 3.8) is 0 Å². The van der Waals surface area contributed by atoms with Crippen LogP contribution in [0.25, 0.3) is 10.2 Å². The van der Waals surface area contributed by atoms with Crippen LogP contribution in [0.15, 0.2) is 78.9 Å². The number of amides is 2. The summed E-state index contributed by atoms with van der Waals surface area (Å²) < 4.78 is 1.22. The SMILES string of the molecule is Cc1ccc2nc(N3CCN(C(=O)NC(c4ccccc4)c4ccccc4)CC3)sc2c1. The molecule has 1 aliphatic rings. The Balaban J connectivity index is 1.27. The first-order valence-electron chi connectivity index (χ1n) is 10.9. The minimum Gasteiger partial charge on any atom is -0.345 e. The van der Waals surface area contributed by atoms with Gasteiger partial charge >= 0.3 is 6.03 Å². The fourth-order valence-electron chi connectivity index (χ4n) is 4.12. The third kappa shape index (κ3) is 4.32. The van der Waals surface area contributed by atoms with E-state index in [0.717, 1.165) is 34.9 Å². The molecule has 1 fully saturated rings. The van der Waals surface area contributed by atoms with E-state index in [9.17, 15) is 4.79 Å². The highest BCUT2D eigenvalue weighted by molar-refractivity contribution is 7.22. The highest BCUT2D eigenvalue weighted by Gasteiger charge is 2.25. The number of thiazole rings is 1. The first-order valence-corrected chi connectivity index (χ1v) is 11.8. The topological polar surface area (TPSA) is 48.5 Å². The van der Waals surface area contributed by atoms with Gasteiger partial charge in [-0.1, -0.05) is 78.1 Å². The van der Waals surface area contributed by atoms with Crippen molar-refractivity contribution >= 4 is 32.7 Å². The first-order chi connectivity index (χ1) is 15.7. The molecule has 2 heterocycles. The van der Waals surface area contributed by atoms with E-state index in [1.165, 1.54) is 10.3 Å². The molecule has 0 aliphatic carbocycles. The summed E-state index contributed by atoms with van der Waals surface area (Å²) in [6.45, 7) is 5.03. The minimum absolute atomic E-state index is 0.0257. The Morgan fingerprint density at radius 2 is 1.53 bits per heavy atom. The van der Waals surface area contributed by atoms with Crippen LogP contribution in [0.1, 0.15) is 22.7 Å². The van der Waals surface area contributed by atoms with Crippen molar-refractivity contribution in [1.29, 1.82) is 0 Å². The summed E-state index contributed by atoms with van der Waals surface area (Å²) in [4.78, 5) is 22.2. The summed E-state index contributed by atoms with van der Waals surface area (Å²) in [5, 5.41) is 4.30. The third-order valence-corrected chi connectivity index (χ3v) is 6.98. The van der Waals surface area contributed by atoms with E-state index in [1.807, 2.05) is 41.3 Å². The molecule has 0 unspecified atom stereocenters. The molecule has 0 radical (unpaired) electrons. The van der Waals surface area contributed by atoms with E-state index in [2.05, 4.69) is 59.6 Å². The minimum atomic E-state index is -0.171. The molecule has 0 atom stereocenters. The van der Waals surface area contributed by atoms with E-state index in [4.69, 9.17) is 4.98 Å². The number of fused-ring (bicyclic) bond motifs is 1. The number of carbonyl (C=O) groups is 1. The van der Waals surface area contributed by atoms with Crippen LogP contribution >= 0.6 is 11.3 Å². The third-order valence-electron chi connectivity index (χ3n) is 5.90. The van der Waals surface area contributed by atoms with Crippen molar-refractivity contribution in [1.82, 2.24) is 15.2 Å². The van der Waals surface area contributed by atoms with Gasteiger partial charge < -0.3 is 15.1 Å². The molecule has 0 bridgehead atoms. The Labute approximate surface area is 192 Å². The van der Waals surface area contributed by atoms with Gasteiger partial charge in [0.05, 0.1) is 16.3 Å². The Hall–Kier alpha value is -3.38.